The number of rotatable bonds is 0. The molecule has 6 aromatic carbocycles. The normalized spacial score (nSPS) is 12.2. The summed E-state index contributed by atoms with van der Waals surface area (Å²) in [5, 5.41) is 14.4. The summed E-state index contributed by atoms with van der Waals surface area (Å²) in [6.07, 6.45) is 2.33. The minimum Gasteiger partial charge on any atom is -0.314 e. The Kier molecular flexibility index (Phi) is 3.19. The van der Waals surface area contributed by atoms with Crippen molar-refractivity contribution in [3.05, 3.63) is 115 Å². The third-order valence-corrected chi connectivity index (χ3v) is 7.31. The van der Waals surface area contributed by atoms with Gasteiger partial charge < -0.3 is 4.40 Å². The van der Waals surface area contributed by atoms with Crippen LogP contribution in [0, 0.1) is 0 Å². The Morgan fingerprint density at radius 1 is 0.333 bits per heavy atom. The standard InChI is InChI=1S/C32H19N/c1-3-11-22-20(9-1)17-18-28-29(22)31-23-12-4-2-10-21(23)19-33(31)32-27-16-8-6-14-25(27)24-13-5-7-15-26(24)30(28)32/h1-19H. The predicted molar refractivity (Wildman–Crippen MR) is 142 cm³/mol. The van der Waals surface area contributed by atoms with Gasteiger partial charge in [0.15, 0.2) is 0 Å². The van der Waals surface area contributed by atoms with Gasteiger partial charge in [-0.05, 0) is 32.3 Å². The van der Waals surface area contributed by atoms with E-state index in [9.17, 15) is 0 Å². The summed E-state index contributed by atoms with van der Waals surface area (Å²) in [4.78, 5) is 0. The van der Waals surface area contributed by atoms with Crippen LogP contribution < -0.4 is 0 Å². The molecule has 1 nitrogen and oxygen atoms in total. The summed E-state index contributed by atoms with van der Waals surface area (Å²) in [7, 11) is 0. The second-order valence-electron chi connectivity index (χ2n) is 8.96. The minimum atomic E-state index is 1.27. The Morgan fingerprint density at radius 2 is 0.848 bits per heavy atom. The van der Waals surface area contributed by atoms with Gasteiger partial charge in [-0.25, -0.2) is 0 Å². The highest BCUT2D eigenvalue weighted by molar-refractivity contribution is 6.36. The monoisotopic (exact) mass is 417 g/mol. The number of benzene rings is 6. The van der Waals surface area contributed by atoms with Crippen LogP contribution in [0.3, 0.4) is 0 Å². The molecule has 0 aliphatic carbocycles. The van der Waals surface area contributed by atoms with E-state index in [2.05, 4.69) is 120 Å². The molecule has 0 aliphatic heterocycles. The lowest BCUT2D eigenvalue weighted by Crippen LogP contribution is -1.94. The van der Waals surface area contributed by atoms with Crippen LogP contribution in [-0.4, -0.2) is 4.40 Å². The number of fused-ring (bicyclic) bond motifs is 15. The van der Waals surface area contributed by atoms with E-state index in [0.29, 0.717) is 0 Å². The lowest BCUT2D eigenvalue weighted by molar-refractivity contribution is 1.31. The molecule has 0 amide bonds. The lowest BCUT2D eigenvalue weighted by atomic mass is 9.91. The fraction of sp³-hybridized carbons (Fsp3) is 0. The second kappa shape index (κ2) is 6.11. The fourth-order valence-corrected chi connectivity index (χ4v) is 5.97. The molecule has 2 heterocycles. The van der Waals surface area contributed by atoms with Gasteiger partial charge in [-0.15, -0.1) is 0 Å². The van der Waals surface area contributed by atoms with Gasteiger partial charge >= 0.3 is 0 Å². The van der Waals surface area contributed by atoms with Crippen molar-refractivity contribution in [1.29, 1.82) is 0 Å². The molecule has 8 rings (SSSR count). The molecule has 0 N–H and O–H groups in total. The molecule has 0 aliphatic rings. The third-order valence-electron chi connectivity index (χ3n) is 7.31. The highest BCUT2D eigenvalue weighted by Gasteiger charge is 2.18. The maximum absolute atomic E-state index is 2.46. The van der Waals surface area contributed by atoms with Gasteiger partial charge in [0.05, 0.1) is 11.0 Å². The van der Waals surface area contributed by atoms with Crippen LogP contribution in [0.2, 0.25) is 0 Å². The number of hydrogen-bond donors (Lipinski definition) is 0. The molecule has 8 aromatic rings. The molecule has 0 radical (unpaired) electrons. The van der Waals surface area contributed by atoms with Crippen molar-refractivity contribution < 1.29 is 0 Å². The largest absolute Gasteiger partial charge is 0.314 e. The van der Waals surface area contributed by atoms with Crippen LogP contribution in [0.5, 0.6) is 0 Å². The van der Waals surface area contributed by atoms with Crippen molar-refractivity contribution >= 4 is 70.3 Å². The smallest absolute Gasteiger partial charge is 0.0620 e. The number of hydrogen-bond acceptors (Lipinski definition) is 0. The van der Waals surface area contributed by atoms with Gasteiger partial charge in [0.25, 0.3) is 0 Å². The van der Waals surface area contributed by atoms with E-state index in [1.165, 1.54) is 70.3 Å². The van der Waals surface area contributed by atoms with Crippen LogP contribution in [0.25, 0.3) is 70.3 Å². The zero-order valence-corrected chi connectivity index (χ0v) is 17.9. The maximum atomic E-state index is 2.46. The second-order valence-corrected chi connectivity index (χ2v) is 8.96. The number of aromatic nitrogens is 1. The average Bonchev–Trinajstić information content (AvgIpc) is 3.27. The maximum Gasteiger partial charge on any atom is 0.0620 e. The van der Waals surface area contributed by atoms with Crippen LogP contribution in [0.4, 0.5) is 0 Å². The molecular formula is C32H19N. The van der Waals surface area contributed by atoms with E-state index in [1.54, 1.807) is 0 Å². The molecule has 0 unspecified atom stereocenters. The Morgan fingerprint density at radius 3 is 1.64 bits per heavy atom. The van der Waals surface area contributed by atoms with Crippen LogP contribution >= 0.6 is 0 Å². The van der Waals surface area contributed by atoms with Gasteiger partial charge in [0.2, 0.25) is 0 Å². The molecule has 2 aromatic heterocycles. The summed E-state index contributed by atoms with van der Waals surface area (Å²) in [6, 6.07) is 39.9. The number of pyridine rings is 1. The molecule has 152 valence electrons. The molecule has 1 heteroatoms. The first-order valence-electron chi connectivity index (χ1n) is 11.5. The van der Waals surface area contributed by atoms with Crippen LogP contribution in [-0.2, 0) is 0 Å². The topological polar surface area (TPSA) is 4.41 Å². The first kappa shape index (κ1) is 17.2. The highest BCUT2D eigenvalue weighted by Crippen LogP contribution is 2.44. The van der Waals surface area contributed by atoms with Crippen molar-refractivity contribution in [2.45, 2.75) is 0 Å². The predicted octanol–water partition coefficient (Wildman–Crippen LogP) is 8.86. The van der Waals surface area contributed by atoms with Crippen LogP contribution in [0.1, 0.15) is 0 Å². The SMILES string of the molecule is c1ccc2c(c1)ccc1c2c2c3ccccc3cn2c2c3ccccc3c3ccccc3c12. The van der Waals surface area contributed by atoms with E-state index in [0.717, 1.165) is 0 Å². The molecule has 0 fully saturated rings. The Labute approximate surface area is 190 Å². The third kappa shape index (κ3) is 2.12. The zero-order valence-electron chi connectivity index (χ0n) is 17.9. The quantitative estimate of drug-likeness (QED) is 0.217. The van der Waals surface area contributed by atoms with Crippen LogP contribution in [0.15, 0.2) is 115 Å². The first-order valence-corrected chi connectivity index (χ1v) is 11.5. The zero-order chi connectivity index (χ0) is 21.5. The molecule has 0 spiro atoms. The van der Waals surface area contributed by atoms with Gasteiger partial charge in [0.1, 0.15) is 0 Å². The molecule has 0 saturated carbocycles. The number of nitrogens with zero attached hydrogens (tertiary/aromatic N) is 1. The van der Waals surface area contributed by atoms with Crippen molar-refractivity contribution in [3.8, 4) is 0 Å². The minimum absolute atomic E-state index is 1.27. The average molecular weight is 418 g/mol. The Hall–Kier alpha value is -4.36. The molecular weight excluding hydrogens is 398 g/mol. The Balaban J connectivity index is 1.87. The Bertz CT molecular complexity index is 2070. The summed E-state index contributed by atoms with van der Waals surface area (Å²) in [5.74, 6) is 0. The van der Waals surface area contributed by atoms with E-state index >= 15 is 0 Å². The van der Waals surface area contributed by atoms with Gasteiger partial charge in [-0.3, -0.25) is 0 Å². The molecule has 33 heavy (non-hydrogen) atoms. The van der Waals surface area contributed by atoms with Crippen molar-refractivity contribution in [1.82, 2.24) is 4.40 Å². The van der Waals surface area contributed by atoms with Crippen molar-refractivity contribution in [3.63, 3.8) is 0 Å². The van der Waals surface area contributed by atoms with E-state index in [-0.39, 0.29) is 0 Å². The van der Waals surface area contributed by atoms with Gasteiger partial charge in [-0.2, -0.15) is 0 Å². The molecule has 0 bridgehead atoms. The summed E-state index contributed by atoms with van der Waals surface area (Å²) < 4.78 is 2.46. The van der Waals surface area contributed by atoms with Crippen molar-refractivity contribution in [2.24, 2.45) is 0 Å². The highest BCUT2D eigenvalue weighted by atomic mass is 14.9. The van der Waals surface area contributed by atoms with E-state index < -0.39 is 0 Å². The van der Waals surface area contributed by atoms with Gasteiger partial charge in [-0.1, -0.05) is 109 Å². The van der Waals surface area contributed by atoms with Crippen molar-refractivity contribution in [2.75, 3.05) is 0 Å². The molecule has 0 atom stereocenters. The summed E-state index contributed by atoms with van der Waals surface area (Å²) in [6.45, 7) is 0. The summed E-state index contributed by atoms with van der Waals surface area (Å²) in [5.41, 5.74) is 2.59. The van der Waals surface area contributed by atoms with Gasteiger partial charge in [0, 0.05) is 33.1 Å². The fourth-order valence-electron chi connectivity index (χ4n) is 5.97. The molecule has 0 saturated heterocycles. The van der Waals surface area contributed by atoms with E-state index in [4.69, 9.17) is 0 Å². The lowest BCUT2D eigenvalue weighted by Gasteiger charge is -2.17. The van der Waals surface area contributed by atoms with E-state index in [1.807, 2.05) is 0 Å². The first-order chi connectivity index (χ1) is 16.4. The summed E-state index contributed by atoms with van der Waals surface area (Å²) >= 11 is 0.